The van der Waals surface area contributed by atoms with Gasteiger partial charge in [-0.05, 0) is 25.2 Å². The molecule has 0 bridgehead atoms. The van der Waals surface area contributed by atoms with Crippen molar-refractivity contribution in [3.63, 3.8) is 0 Å². The molecule has 17 heavy (non-hydrogen) atoms. The summed E-state index contributed by atoms with van der Waals surface area (Å²) in [6.07, 6.45) is -3.27. The van der Waals surface area contributed by atoms with Gasteiger partial charge in [-0.25, -0.2) is 4.72 Å². The lowest BCUT2D eigenvalue weighted by Crippen LogP contribution is -2.42. The van der Waals surface area contributed by atoms with Gasteiger partial charge in [-0.2, -0.15) is 26.3 Å². The molecule has 5 nitrogen and oxygen atoms in total. The van der Waals surface area contributed by atoms with Crippen molar-refractivity contribution in [3.8, 4) is 0 Å². The van der Waals surface area contributed by atoms with Gasteiger partial charge in [0.25, 0.3) is 10.2 Å². The molecule has 1 aliphatic rings. The summed E-state index contributed by atoms with van der Waals surface area (Å²) >= 11 is 0. The van der Waals surface area contributed by atoms with Gasteiger partial charge in [0.2, 0.25) is 0 Å². The molecule has 0 aliphatic heterocycles. The monoisotopic (exact) mass is 276 g/mol. The fourth-order valence-corrected chi connectivity index (χ4v) is 2.60. The van der Waals surface area contributed by atoms with Crippen LogP contribution in [0.2, 0.25) is 0 Å². The topological polar surface area (TPSA) is 78.4 Å². The third-order valence-electron chi connectivity index (χ3n) is 2.54. The molecule has 0 radical (unpaired) electrons. The Hall–Kier alpha value is -0.380. The largest absolute Gasteiger partial charge is 0.402 e. The Labute approximate surface area is 97.6 Å². The lowest BCUT2D eigenvalue weighted by molar-refractivity contribution is -0.121. The maximum atomic E-state index is 11.8. The summed E-state index contributed by atoms with van der Waals surface area (Å²) in [7, 11) is -4.12. The Kier molecular flexibility index (Phi) is 4.76. The van der Waals surface area contributed by atoms with Crippen LogP contribution >= 0.6 is 0 Å². The number of halogens is 3. The van der Waals surface area contributed by atoms with E-state index in [0.717, 1.165) is 0 Å². The molecule has 3 N–H and O–H groups in total. The van der Waals surface area contributed by atoms with Gasteiger partial charge in [0.1, 0.15) is 6.54 Å². The van der Waals surface area contributed by atoms with E-state index in [1.165, 1.54) is 4.72 Å². The first-order valence-corrected chi connectivity index (χ1v) is 6.65. The predicted molar refractivity (Wildman–Crippen MR) is 54.3 cm³/mol. The summed E-state index contributed by atoms with van der Waals surface area (Å²) in [5, 5.41) is 9.20. The van der Waals surface area contributed by atoms with Crippen LogP contribution in [-0.4, -0.2) is 38.9 Å². The zero-order valence-electron chi connectivity index (χ0n) is 9.00. The number of aliphatic hydroxyl groups excluding tert-OH is 1. The fraction of sp³-hybridized carbons (Fsp3) is 1.00. The number of nitrogens with one attached hydrogen (secondary N) is 2. The quantitative estimate of drug-likeness (QED) is 0.668. The molecule has 2 unspecified atom stereocenters. The molecule has 102 valence electrons. The van der Waals surface area contributed by atoms with Crippen molar-refractivity contribution in [2.75, 3.05) is 13.1 Å². The molecule has 0 saturated heterocycles. The molecule has 1 fully saturated rings. The summed E-state index contributed by atoms with van der Waals surface area (Å²) in [5.74, 6) is -0.0209. The van der Waals surface area contributed by atoms with E-state index < -0.39 is 29.0 Å². The lowest BCUT2D eigenvalue weighted by atomic mass is 10.1. The number of aliphatic hydroxyl groups is 1. The minimum absolute atomic E-state index is 0.0209. The summed E-state index contributed by atoms with van der Waals surface area (Å²) < 4.78 is 61.1. The summed E-state index contributed by atoms with van der Waals surface area (Å²) in [6.45, 7) is -1.54. The van der Waals surface area contributed by atoms with Gasteiger partial charge in [-0.15, -0.1) is 0 Å². The Balaban J connectivity index is 2.30. The predicted octanol–water partition coefficient (Wildman–Crippen LogP) is 0.134. The van der Waals surface area contributed by atoms with Crippen LogP contribution in [0.15, 0.2) is 0 Å². The van der Waals surface area contributed by atoms with E-state index in [0.29, 0.717) is 19.3 Å². The molecule has 0 spiro atoms. The van der Waals surface area contributed by atoms with Gasteiger partial charge in [0.05, 0.1) is 6.10 Å². The Morgan fingerprint density at radius 3 is 2.35 bits per heavy atom. The average molecular weight is 276 g/mol. The van der Waals surface area contributed by atoms with E-state index in [-0.39, 0.29) is 12.5 Å². The zero-order chi connectivity index (χ0) is 13.1. The number of rotatable bonds is 5. The van der Waals surface area contributed by atoms with Crippen molar-refractivity contribution >= 4 is 10.2 Å². The van der Waals surface area contributed by atoms with Gasteiger partial charge >= 0.3 is 6.18 Å². The molecule has 1 saturated carbocycles. The van der Waals surface area contributed by atoms with E-state index in [4.69, 9.17) is 0 Å². The van der Waals surface area contributed by atoms with Crippen LogP contribution in [0.25, 0.3) is 0 Å². The van der Waals surface area contributed by atoms with E-state index in [1.807, 2.05) is 4.72 Å². The molecule has 1 rings (SSSR count). The Morgan fingerprint density at radius 2 is 1.88 bits per heavy atom. The fourth-order valence-electron chi connectivity index (χ4n) is 1.69. The Morgan fingerprint density at radius 1 is 1.24 bits per heavy atom. The highest BCUT2D eigenvalue weighted by Gasteiger charge is 2.30. The maximum absolute atomic E-state index is 11.8. The first-order chi connectivity index (χ1) is 7.68. The normalized spacial score (nSPS) is 26.4. The van der Waals surface area contributed by atoms with Gasteiger partial charge < -0.3 is 5.11 Å². The minimum atomic E-state index is -4.57. The third-order valence-corrected chi connectivity index (χ3v) is 3.61. The van der Waals surface area contributed by atoms with Gasteiger partial charge in [0.15, 0.2) is 0 Å². The first-order valence-electron chi connectivity index (χ1n) is 5.17. The van der Waals surface area contributed by atoms with Crippen molar-refractivity contribution in [3.05, 3.63) is 0 Å². The average Bonchev–Trinajstić information content (AvgIpc) is 2.58. The molecule has 0 aromatic carbocycles. The van der Waals surface area contributed by atoms with Crippen LogP contribution in [0.4, 0.5) is 13.2 Å². The van der Waals surface area contributed by atoms with Crippen LogP contribution in [0.5, 0.6) is 0 Å². The first kappa shape index (κ1) is 14.7. The van der Waals surface area contributed by atoms with Crippen molar-refractivity contribution in [1.82, 2.24) is 9.44 Å². The van der Waals surface area contributed by atoms with Gasteiger partial charge in [-0.1, -0.05) is 0 Å². The van der Waals surface area contributed by atoms with E-state index in [1.54, 1.807) is 0 Å². The summed E-state index contributed by atoms with van der Waals surface area (Å²) in [4.78, 5) is 0. The second-order valence-electron chi connectivity index (χ2n) is 4.12. The standard InChI is InChI=1S/C8H15F3N2O3S/c9-8(10,11)5-13-17(15,16)12-4-6-1-2-7(14)3-6/h6-7,12-14H,1-5H2. The molecule has 1 aliphatic carbocycles. The molecule has 9 heteroatoms. The second-order valence-corrected chi connectivity index (χ2v) is 5.71. The highest BCUT2D eigenvalue weighted by Crippen LogP contribution is 2.24. The third kappa shape index (κ3) is 6.20. The van der Waals surface area contributed by atoms with Crippen LogP contribution in [0.1, 0.15) is 19.3 Å². The molecular formula is C8H15F3N2O3S. The number of hydrogen-bond donors (Lipinski definition) is 3. The SMILES string of the molecule is O=S(=O)(NCC1CCC(O)C1)NCC(F)(F)F. The molecular weight excluding hydrogens is 261 g/mol. The van der Waals surface area contributed by atoms with E-state index >= 15 is 0 Å². The minimum Gasteiger partial charge on any atom is -0.393 e. The molecule has 0 heterocycles. The smallest absolute Gasteiger partial charge is 0.393 e. The molecule has 0 aromatic heterocycles. The summed E-state index contributed by atoms with van der Waals surface area (Å²) in [6, 6.07) is 0. The van der Waals surface area contributed by atoms with E-state index in [9.17, 15) is 26.7 Å². The second kappa shape index (κ2) is 5.51. The molecule has 0 amide bonds. The lowest BCUT2D eigenvalue weighted by Gasteiger charge is -2.13. The maximum Gasteiger partial charge on any atom is 0.402 e. The van der Waals surface area contributed by atoms with Crippen LogP contribution in [-0.2, 0) is 10.2 Å². The number of alkyl halides is 3. The van der Waals surface area contributed by atoms with Crippen molar-refractivity contribution in [2.45, 2.75) is 31.5 Å². The zero-order valence-corrected chi connectivity index (χ0v) is 9.81. The number of hydrogen-bond acceptors (Lipinski definition) is 3. The molecule has 2 atom stereocenters. The summed E-state index contributed by atoms with van der Waals surface area (Å²) in [5.41, 5.74) is 0. The molecule has 0 aromatic rings. The van der Waals surface area contributed by atoms with Gasteiger partial charge in [-0.3, -0.25) is 0 Å². The highest BCUT2D eigenvalue weighted by atomic mass is 32.2. The van der Waals surface area contributed by atoms with Crippen LogP contribution < -0.4 is 9.44 Å². The van der Waals surface area contributed by atoms with Crippen LogP contribution in [0, 0.1) is 5.92 Å². The Bertz CT molecular complexity index is 344. The van der Waals surface area contributed by atoms with E-state index in [2.05, 4.69) is 0 Å². The van der Waals surface area contributed by atoms with Crippen molar-refractivity contribution < 1.29 is 26.7 Å². The highest BCUT2D eigenvalue weighted by molar-refractivity contribution is 7.87. The van der Waals surface area contributed by atoms with Crippen LogP contribution in [0.3, 0.4) is 0 Å². The van der Waals surface area contributed by atoms with Gasteiger partial charge in [0, 0.05) is 6.54 Å². The van der Waals surface area contributed by atoms with Crippen molar-refractivity contribution in [2.24, 2.45) is 5.92 Å². The van der Waals surface area contributed by atoms with Crippen molar-refractivity contribution in [1.29, 1.82) is 0 Å².